The molecule has 0 bridgehead atoms. The van der Waals surface area contributed by atoms with E-state index in [0.29, 0.717) is 0 Å². The highest BCUT2D eigenvalue weighted by molar-refractivity contribution is 8.02. The van der Waals surface area contributed by atoms with Crippen LogP contribution in [0.2, 0.25) is 0 Å². The second kappa shape index (κ2) is 1.90. The van der Waals surface area contributed by atoms with Gasteiger partial charge >= 0.3 is 0 Å². The van der Waals surface area contributed by atoms with Crippen molar-refractivity contribution in [2.24, 2.45) is 0 Å². The van der Waals surface area contributed by atoms with Crippen molar-refractivity contribution in [1.29, 1.82) is 0 Å². The minimum atomic E-state index is 0.958. The Balaban J connectivity index is 2.38. The molecule has 0 spiro atoms. The van der Waals surface area contributed by atoms with Crippen molar-refractivity contribution in [2.45, 2.75) is 0 Å². The minimum Gasteiger partial charge on any atom is -0.132 e. The van der Waals surface area contributed by atoms with Gasteiger partial charge in [0, 0.05) is 5.75 Å². The van der Waals surface area contributed by atoms with Gasteiger partial charge in [0.2, 0.25) is 0 Å². The van der Waals surface area contributed by atoms with E-state index in [9.17, 15) is 0 Å². The molecule has 0 N–H and O–H groups in total. The minimum absolute atomic E-state index is 0.958. The average molecular weight is 120 g/mol. The summed E-state index contributed by atoms with van der Waals surface area (Å²) in [5, 5.41) is 2.96. The van der Waals surface area contributed by atoms with Crippen LogP contribution in [0, 0.1) is 5.38 Å². The summed E-state index contributed by atoms with van der Waals surface area (Å²) in [5.74, 6) is 0.974. The summed E-state index contributed by atoms with van der Waals surface area (Å²) in [7, 11) is 0. The number of rotatable bonds is 0. The normalized spacial score (nSPS) is 22.8. The number of halogens is 1. The van der Waals surface area contributed by atoms with E-state index in [1.807, 2.05) is 11.5 Å². The monoisotopic (exact) mass is 119 g/mol. The first kappa shape index (κ1) is 4.54. The van der Waals surface area contributed by atoms with Crippen molar-refractivity contribution in [3.05, 3.63) is 16.9 Å². The van der Waals surface area contributed by atoms with Gasteiger partial charge in [0.1, 0.15) is 0 Å². The molecule has 0 amide bonds. The third kappa shape index (κ3) is 0.919. The van der Waals surface area contributed by atoms with Gasteiger partial charge in [-0.05, 0) is 5.41 Å². The fourth-order valence-corrected chi connectivity index (χ4v) is 1.24. The van der Waals surface area contributed by atoms with Crippen LogP contribution in [0.1, 0.15) is 0 Å². The summed E-state index contributed by atoms with van der Waals surface area (Å²) in [6.07, 6.45) is 1.92. The van der Waals surface area contributed by atoms with Crippen LogP contribution in [-0.4, -0.2) is 5.75 Å². The van der Waals surface area contributed by atoms with Crippen LogP contribution < -0.4 is 0 Å². The molecule has 0 unspecified atom stereocenters. The van der Waals surface area contributed by atoms with E-state index < -0.39 is 0 Å². The molecule has 0 aromatic carbocycles. The van der Waals surface area contributed by atoms with Gasteiger partial charge in [-0.3, -0.25) is 0 Å². The Kier molecular flexibility index (Phi) is 1.43. The van der Waals surface area contributed by atoms with E-state index in [-0.39, 0.29) is 0 Å². The van der Waals surface area contributed by atoms with Gasteiger partial charge in [-0.15, -0.1) is 23.4 Å². The van der Waals surface area contributed by atoms with Crippen LogP contribution >= 0.6 is 23.4 Å². The summed E-state index contributed by atoms with van der Waals surface area (Å²) < 4.78 is 0. The first-order valence-corrected chi connectivity index (χ1v) is 3.12. The second-order valence-electron chi connectivity index (χ2n) is 1.06. The smallest absolute Gasteiger partial charge is 0.0962 e. The van der Waals surface area contributed by atoms with Crippen molar-refractivity contribution in [2.75, 3.05) is 5.75 Å². The van der Waals surface area contributed by atoms with Gasteiger partial charge in [0.05, 0.1) is 5.38 Å². The van der Waals surface area contributed by atoms with Crippen molar-refractivity contribution >= 4 is 23.4 Å². The quantitative estimate of drug-likeness (QED) is 0.470. The van der Waals surface area contributed by atoms with Gasteiger partial charge in [-0.2, -0.15) is 0 Å². The van der Waals surface area contributed by atoms with Crippen LogP contribution in [0.15, 0.2) is 11.5 Å². The molecule has 1 radical (unpaired) electrons. The summed E-state index contributed by atoms with van der Waals surface area (Å²) >= 11 is 7.25. The highest BCUT2D eigenvalue weighted by Crippen LogP contribution is 2.24. The summed E-state index contributed by atoms with van der Waals surface area (Å²) in [6.45, 7) is 0. The summed E-state index contributed by atoms with van der Waals surface area (Å²) in [5.41, 5.74) is 0. The lowest BCUT2D eigenvalue weighted by Crippen LogP contribution is -1.74. The molecule has 1 rings (SSSR count). The Labute approximate surface area is 46.6 Å². The van der Waals surface area contributed by atoms with Crippen molar-refractivity contribution in [1.82, 2.24) is 0 Å². The molecule has 1 aliphatic heterocycles. The zero-order chi connectivity index (χ0) is 4.41. The molecule has 0 atom stereocenters. The van der Waals surface area contributed by atoms with Gasteiger partial charge in [-0.25, -0.2) is 0 Å². The fraction of sp³-hybridized carbons (Fsp3) is 0.250. The zero-order valence-electron chi connectivity index (χ0n) is 3.15. The predicted octanol–water partition coefficient (Wildman–Crippen LogP) is 2.02. The number of allylic oxidation sites excluding steroid dienone is 1. The topological polar surface area (TPSA) is 0 Å². The molecule has 0 saturated carbocycles. The molecule has 6 heavy (non-hydrogen) atoms. The first-order chi connectivity index (χ1) is 2.89. The Morgan fingerprint density at radius 3 is 2.83 bits per heavy atom. The van der Waals surface area contributed by atoms with Crippen molar-refractivity contribution < 1.29 is 0 Å². The highest BCUT2D eigenvalue weighted by atomic mass is 35.5. The van der Waals surface area contributed by atoms with Gasteiger partial charge < -0.3 is 0 Å². The van der Waals surface area contributed by atoms with E-state index in [1.54, 1.807) is 11.8 Å². The third-order valence-corrected chi connectivity index (χ3v) is 1.79. The lowest BCUT2D eigenvalue weighted by molar-refractivity contribution is 1.53. The van der Waals surface area contributed by atoms with Crippen LogP contribution in [-0.2, 0) is 0 Å². The maximum atomic E-state index is 5.52. The Morgan fingerprint density at radius 2 is 2.67 bits per heavy atom. The van der Waals surface area contributed by atoms with Gasteiger partial charge in [-0.1, -0.05) is 6.08 Å². The first-order valence-electron chi connectivity index (χ1n) is 1.69. The Morgan fingerprint density at radius 1 is 1.83 bits per heavy atom. The summed E-state index contributed by atoms with van der Waals surface area (Å²) in [6, 6.07) is 0. The van der Waals surface area contributed by atoms with Crippen molar-refractivity contribution in [3.63, 3.8) is 0 Å². The van der Waals surface area contributed by atoms with Crippen LogP contribution in [0.25, 0.3) is 0 Å². The fourth-order valence-electron chi connectivity index (χ4n) is 0.298. The van der Waals surface area contributed by atoms with E-state index in [1.165, 1.54) is 0 Å². The van der Waals surface area contributed by atoms with Crippen LogP contribution in [0.4, 0.5) is 0 Å². The Hall–Kier alpha value is 0.380. The average Bonchev–Trinajstić information content (AvgIpc) is 1.86. The molecule has 0 aromatic rings. The molecule has 0 aromatic heterocycles. The second-order valence-corrected chi connectivity index (χ2v) is 2.44. The van der Waals surface area contributed by atoms with E-state index in [2.05, 4.69) is 0 Å². The predicted molar refractivity (Wildman–Crippen MR) is 30.7 cm³/mol. The van der Waals surface area contributed by atoms with E-state index in [4.69, 9.17) is 11.6 Å². The number of hydrogen-bond donors (Lipinski definition) is 0. The molecule has 33 valence electrons. The third-order valence-electron chi connectivity index (χ3n) is 0.566. The lowest BCUT2D eigenvalue weighted by atomic mass is 10.5. The molecule has 1 heterocycles. The van der Waals surface area contributed by atoms with Crippen LogP contribution in [0.3, 0.4) is 0 Å². The largest absolute Gasteiger partial charge is 0.132 e. The van der Waals surface area contributed by atoms with Crippen LogP contribution in [0.5, 0.6) is 0 Å². The molecule has 0 fully saturated rings. The maximum Gasteiger partial charge on any atom is 0.0962 e. The number of hydrogen-bond acceptors (Lipinski definition) is 1. The number of thioether (sulfide) groups is 1. The molecule has 2 heteroatoms. The molecule has 0 nitrogen and oxygen atoms in total. The van der Waals surface area contributed by atoms with Gasteiger partial charge in [0.15, 0.2) is 0 Å². The standard InChI is InChI=1S/C4H4ClS/c5-4-1-2-6-3-4/h1-2H,3H2. The van der Waals surface area contributed by atoms with E-state index in [0.717, 1.165) is 11.1 Å². The molecular weight excluding hydrogens is 116 g/mol. The Bertz CT molecular complexity index is 69.9. The molecular formula is C4H4ClS. The molecule has 0 saturated heterocycles. The molecule has 1 aliphatic rings. The molecule has 0 aliphatic carbocycles. The van der Waals surface area contributed by atoms with Gasteiger partial charge in [0.25, 0.3) is 0 Å². The van der Waals surface area contributed by atoms with E-state index >= 15 is 0 Å². The highest BCUT2D eigenvalue weighted by Gasteiger charge is 2.03. The maximum absolute atomic E-state index is 5.52. The lowest BCUT2D eigenvalue weighted by Gasteiger charge is -1.84. The zero-order valence-corrected chi connectivity index (χ0v) is 4.72. The summed E-state index contributed by atoms with van der Waals surface area (Å²) in [4.78, 5) is 0. The SMILES string of the molecule is Cl[C]1C=CSC1. The van der Waals surface area contributed by atoms with Crippen molar-refractivity contribution in [3.8, 4) is 0 Å².